The molecular weight excluding hydrogens is 454 g/mol. The van der Waals surface area contributed by atoms with E-state index < -0.39 is 11.4 Å². The number of Topliss-reactive ketones (excluding diaryl/α,β-unsaturated/α-hetero) is 1. The van der Waals surface area contributed by atoms with Crippen LogP contribution in [0.1, 0.15) is 21.6 Å². The minimum absolute atomic E-state index is 0.100. The fourth-order valence-corrected chi connectivity index (χ4v) is 4.63. The molecule has 0 radical (unpaired) electrons. The fourth-order valence-electron chi connectivity index (χ4n) is 3.66. The number of hydrogen-bond acceptors (Lipinski definition) is 11. The molecule has 4 aromatic heterocycles. The van der Waals surface area contributed by atoms with E-state index in [1.54, 1.807) is 18.4 Å². The number of carbonyl (C=O) groups is 2. The summed E-state index contributed by atoms with van der Waals surface area (Å²) in [7, 11) is 0. The Labute approximate surface area is 188 Å². The van der Waals surface area contributed by atoms with E-state index in [1.807, 2.05) is 4.90 Å². The number of carboxylic acids is 1. The summed E-state index contributed by atoms with van der Waals surface area (Å²) < 4.78 is 9.23. The van der Waals surface area contributed by atoms with Crippen LogP contribution < -0.4 is 10.3 Å². The van der Waals surface area contributed by atoms with Crippen LogP contribution in [0.4, 0.5) is 5.82 Å². The van der Waals surface area contributed by atoms with Crippen LogP contribution in [0.2, 0.25) is 0 Å². The second-order valence-electron chi connectivity index (χ2n) is 7.41. The lowest BCUT2D eigenvalue weighted by Crippen LogP contribution is -2.51. The third-order valence-corrected chi connectivity index (χ3v) is 6.57. The number of carbonyl (C=O) groups excluding carboxylic acids is 1. The maximum atomic E-state index is 12.8. The third kappa shape index (κ3) is 3.44. The summed E-state index contributed by atoms with van der Waals surface area (Å²) in [5, 5.41) is 15.8. The Kier molecular flexibility index (Phi) is 4.98. The van der Waals surface area contributed by atoms with Gasteiger partial charge in [0.2, 0.25) is 10.6 Å². The Morgan fingerprint density at radius 3 is 2.78 bits per heavy atom. The van der Waals surface area contributed by atoms with Crippen LogP contribution in [0.5, 0.6) is 0 Å². The zero-order chi connectivity index (χ0) is 22.4. The van der Waals surface area contributed by atoms with Crippen molar-refractivity contribution in [1.29, 1.82) is 0 Å². The molecule has 0 aromatic carbocycles. The number of anilines is 1. The summed E-state index contributed by atoms with van der Waals surface area (Å²) in [5.41, 5.74) is 0.609. The SMILES string of the molecule is Cc1cc(N2CC(C(=O)Cc3csnn3)C2)nc2c1c(=O)c(C(=O)O)cn2-c1ncns1. The van der Waals surface area contributed by atoms with Gasteiger partial charge in [-0.05, 0) is 30.1 Å². The molecule has 5 rings (SSSR count). The molecule has 0 atom stereocenters. The summed E-state index contributed by atoms with van der Waals surface area (Å²) >= 11 is 2.28. The second kappa shape index (κ2) is 7.84. The molecule has 0 aliphatic carbocycles. The largest absolute Gasteiger partial charge is 0.477 e. The molecule has 1 aliphatic heterocycles. The van der Waals surface area contributed by atoms with Gasteiger partial charge in [-0.3, -0.25) is 14.2 Å². The van der Waals surface area contributed by atoms with Crippen LogP contribution in [-0.4, -0.2) is 58.4 Å². The van der Waals surface area contributed by atoms with Crippen molar-refractivity contribution in [1.82, 2.24) is 28.5 Å². The molecule has 5 heterocycles. The van der Waals surface area contributed by atoms with Gasteiger partial charge in [0, 0.05) is 36.2 Å². The number of rotatable bonds is 6. The van der Waals surface area contributed by atoms with Gasteiger partial charge >= 0.3 is 5.97 Å². The van der Waals surface area contributed by atoms with E-state index in [0.29, 0.717) is 40.9 Å². The van der Waals surface area contributed by atoms with Gasteiger partial charge in [-0.25, -0.2) is 14.8 Å². The summed E-state index contributed by atoms with van der Waals surface area (Å²) in [5.74, 6) is -0.745. The molecule has 0 spiro atoms. The Morgan fingerprint density at radius 1 is 1.31 bits per heavy atom. The van der Waals surface area contributed by atoms with Crippen LogP contribution in [0.15, 0.2) is 28.8 Å². The lowest BCUT2D eigenvalue weighted by Gasteiger charge is -2.39. The summed E-state index contributed by atoms with van der Waals surface area (Å²) in [4.78, 5) is 47.7. The van der Waals surface area contributed by atoms with Crippen molar-refractivity contribution in [2.24, 2.45) is 5.92 Å². The lowest BCUT2D eigenvalue weighted by molar-refractivity contribution is -0.123. The first-order valence-electron chi connectivity index (χ1n) is 9.53. The van der Waals surface area contributed by atoms with Crippen LogP contribution in [0, 0.1) is 12.8 Å². The van der Waals surface area contributed by atoms with Crippen molar-refractivity contribution >= 4 is 51.7 Å². The standard InChI is InChI=1S/C19H15N7O4S2/c1-9-2-14(25-4-10(5-25)13(27)3-11-7-31-24-23-11)22-17-15(9)16(28)12(18(29)30)6-26(17)19-20-8-21-32-19/h2,6-8,10H,3-5H2,1H3,(H,29,30). The Hall–Kier alpha value is -3.58. The third-order valence-electron chi connectivity index (χ3n) is 5.35. The highest BCUT2D eigenvalue weighted by Gasteiger charge is 2.34. The van der Waals surface area contributed by atoms with Gasteiger partial charge in [0.25, 0.3) is 0 Å². The minimum atomic E-state index is -1.32. The molecule has 11 nitrogen and oxygen atoms in total. The van der Waals surface area contributed by atoms with E-state index in [4.69, 9.17) is 0 Å². The second-order valence-corrected chi connectivity index (χ2v) is 8.78. The summed E-state index contributed by atoms with van der Waals surface area (Å²) in [6, 6.07) is 1.74. The number of carboxylic acid groups (broad SMARTS) is 1. The number of ketones is 1. The molecule has 1 aliphatic rings. The van der Waals surface area contributed by atoms with Crippen LogP contribution in [0.25, 0.3) is 16.2 Å². The van der Waals surface area contributed by atoms with Crippen molar-refractivity contribution in [3.05, 3.63) is 51.0 Å². The number of nitrogens with zero attached hydrogens (tertiary/aromatic N) is 7. The monoisotopic (exact) mass is 469 g/mol. The van der Waals surface area contributed by atoms with Crippen LogP contribution >= 0.6 is 23.1 Å². The van der Waals surface area contributed by atoms with Gasteiger partial charge in [0.05, 0.1) is 23.4 Å². The smallest absolute Gasteiger partial charge is 0.341 e. The molecule has 1 fully saturated rings. The highest BCUT2D eigenvalue weighted by Crippen LogP contribution is 2.29. The van der Waals surface area contributed by atoms with Gasteiger partial charge in [0.15, 0.2) is 5.65 Å². The molecule has 4 aromatic rings. The Morgan fingerprint density at radius 2 is 2.12 bits per heavy atom. The Balaban J connectivity index is 1.50. The molecule has 0 unspecified atom stereocenters. The number of pyridine rings is 2. The van der Waals surface area contributed by atoms with Crippen molar-refractivity contribution in [2.45, 2.75) is 13.3 Å². The zero-order valence-electron chi connectivity index (χ0n) is 16.6. The predicted octanol–water partition coefficient (Wildman–Crippen LogP) is 1.34. The number of hydrogen-bond donors (Lipinski definition) is 1. The number of aromatic nitrogens is 6. The minimum Gasteiger partial charge on any atom is -0.477 e. The van der Waals surface area contributed by atoms with Gasteiger partial charge in [-0.2, -0.15) is 4.37 Å². The van der Waals surface area contributed by atoms with Crippen LogP contribution in [-0.2, 0) is 11.2 Å². The normalized spacial score (nSPS) is 14.0. The molecule has 1 N–H and O–H groups in total. The van der Waals surface area contributed by atoms with Gasteiger partial charge in [-0.15, -0.1) is 5.10 Å². The first-order chi connectivity index (χ1) is 15.4. The van der Waals surface area contributed by atoms with Gasteiger partial charge in [-0.1, -0.05) is 4.49 Å². The number of aromatic carboxylic acids is 1. The quantitative estimate of drug-likeness (QED) is 0.439. The van der Waals surface area contributed by atoms with E-state index >= 15 is 0 Å². The molecule has 0 amide bonds. The van der Waals surface area contributed by atoms with Crippen molar-refractivity contribution in [3.63, 3.8) is 0 Å². The highest BCUT2D eigenvalue weighted by molar-refractivity contribution is 7.08. The van der Waals surface area contributed by atoms with E-state index in [2.05, 4.69) is 23.9 Å². The topological polar surface area (TPSA) is 144 Å². The van der Waals surface area contributed by atoms with Gasteiger partial charge in [0.1, 0.15) is 23.5 Å². The van der Waals surface area contributed by atoms with Crippen molar-refractivity contribution < 1.29 is 14.7 Å². The van der Waals surface area contributed by atoms with Crippen molar-refractivity contribution in [2.75, 3.05) is 18.0 Å². The van der Waals surface area contributed by atoms with E-state index in [-0.39, 0.29) is 29.1 Å². The molecule has 32 heavy (non-hydrogen) atoms. The molecule has 0 saturated carbocycles. The summed E-state index contributed by atoms with van der Waals surface area (Å²) in [6.45, 7) is 2.75. The summed E-state index contributed by atoms with van der Waals surface area (Å²) in [6.07, 6.45) is 2.84. The van der Waals surface area contributed by atoms with Crippen LogP contribution in [0.3, 0.4) is 0 Å². The first-order valence-corrected chi connectivity index (χ1v) is 11.1. The molecular formula is C19H15N7O4S2. The van der Waals surface area contributed by atoms with Gasteiger partial charge < -0.3 is 10.0 Å². The average Bonchev–Trinajstić information content (AvgIpc) is 3.40. The van der Waals surface area contributed by atoms with E-state index in [1.165, 1.54) is 28.6 Å². The molecule has 0 bridgehead atoms. The molecule has 13 heteroatoms. The Bertz CT molecular complexity index is 1390. The first kappa shape index (κ1) is 20.3. The molecule has 1 saturated heterocycles. The zero-order valence-corrected chi connectivity index (χ0v) is 18.3. The van der Waals surface area contributed by atoms with E-state index in [0.717, 1.165) is 11.5 Å². The predicted molar refractivity (Wildman–Crippen MR) is 117 cm³/mol. The average molecular weight is 470 g/mol. The lowest BCUT2D eigenvalue weighted by atomic mass is 9.92. The maximum Gasteiger partial charge on any atom is 0.341 e. The maximum absolute atomic E-state index is 12.8. The number of aryl methyl sites for hydroxylation is 1. The van der Waals surface area contributed by atoms with E-state index in [9.17, 15) is 19.5 Å². The fraction of sp³-hybridized carbons (Fsp3) is 0.263. The molecule has 162 valence electrons. The van der Waals surface area contributed by atoms with Crippen molar-refractivity contribution in [3.8, 4) is 5.13 Å². The highest BCUT2D eigenvalue weighted by atomic mass is 32.1. The number of fused-ring (bicyclic) bond motifs is 1.